The summed E-state index contributed by atoms with van der Waals surface area (Å²) in [7, 11) is 0. The second-order valence-electron chi connectivity index (χ2n) is 2.76. The van der Waals surface area contributed by atoms with E-state index in [9.17, 15) is 0 Å². The molecule has 0 aliphatic heterocycles. The van der Waals surface area contributed by atoms with Crippen molar-refractivity contribution >= 4 is 0 Å². The minimum Gasteiger partial charge on any atom is -0.376 e. The molecule has 0 aromatic carbocycles. The lowest BCUT2D eigenvalue weighted by molar-refractivity contribution is 0.373. The van der Waals surface area contributed by atoms with E-state index in [1.165, 1.54) is 32.4 Å². The van der Waals surface area contributed by atoms with Crippen molar-refractivity contribution in [2.24, 2.45) is 0 Å². The molecule has 1 heteroatoms. The van der Waals surface area contributed by atoms with E-state index in [4.69, 9.17) is 0 Å². The smallest absolute Gasteiger partial charge is 0.0146 e. The SMILES string of the molecule is CCN(CC)C1=CCCC1. The van der Waals surface area contributed by atoms with Gasteiger partial charge in [-0.15, -0.1) is 0 Å². The first-order valence-electron chi connectivity index (χ1n) is 4.32. The highest BCUT2D eigenvalue weighted by molar-refractivity contribution is 5.06. The van der Waals surface area contributed by atoms with Crippen molar-refractivity contribution in [1.82, 2.24) is 4.90 Å². The van der Waals surface area contributed by atoms with Gasteiger partial charge >= 0.3 is 0 Å². The van der Waals surface area contributed by atoms with Gasteiger partial charge in [0.15, 0.2) is 0 Å². The standard InChI is InChI=1S/C9H17N/c1-3-10(4-2)9-7-5-6-8-9/h7H,3-6,8H2,1-2H3. The van der Waals surface area contributed by atoms with Gasteiger partial charge in [-0.3, -0.25) is 0 Å². The fraction of sp³-hybridized carbons (Fsp3) is 0.778. The second kappa shape index (κ2) is 3.65. The fourth-order valence-corrected chi connectivity index (χ4v) is 1.57. The van der Waals surface area contributed by atoms with Crippen LogP contribution in [0.5, 0.6) is 0 Å². The Morgan fingerprint density at radius 2 is 2.10 bits per heavy atom. The third-order valence-corrected chi connectivity index (χ3v) is 2.19. The zero-order valence-electron chi connectivity index (χ0n) is 7.06. The first kappa shape index (κ1) is 7.64. The van der Waals surface area contributed by atoms with Crippen LogP contribution in [-0.2, 0) is 0 Å². The molecule has 0 amide bonds. The predicted molar refractivity (Wildman–Crippen MR) is 44.9 cm³/mol. The first-order chi connectivity index (χ1) is 4.88. The summed E-state index contributed by atoms with van der Waals surface area (Å²) in [5.74, 6) is 0. The summed E-state index contributed by atoms with van der Waals surface area (Å²) in [6.45, 7) is 6.79. The van der Waals surface area contributed by atoms with Gasteiger partial charge in [-0.05, 0) is 33.1 Å². The molecule has 10 heavy (non-hydrogen) atoms. The van der Waals surface area contributed by atoms with Gasteiger partial charge in [0, 0.05) is 18.8 Å². The van der Waals surface area contributed by atoms with Crippen LogP contribution in [0.1, 0.15) is 33.1 Å². The summed E-state index contributed by atoms with van der Waals surface area (Å²) < 4.78 is 0. The Balaban J connectivity index is 2.44. The van der Waals surface area contributed by atoms with Crippen molar-refractivity contribution in [1.29, 1.82) is 0 Å². The van der Waals surface area contributed by atoms with E-state index in [1.807, 2.05) is 0 Å². The van der Waals surface area contributed by atoms with E-state index in [1.54, 1.807) is 5.70 Å². The largest absolute Gasteiger partial charge is 0.376 e. The number of allylic oxidation sites excluding steroid dienone is 2. The van der Waals surface area contributed by atoms with Crippen molar-refractivity contribution in [3.8, 4) is 0 Å². The zero-order valence-corrected chi connectivity index (χ0v) is 7.06. The molecule has 1 aliphatic rings. The number of nitrogens with zero attached hydrogens (tertiary/aromatic N) is 1. The highest BCUT2D eigenvalue weighted by atomic mass is 15.1. The van der Waals surface area contributed by atoms with Gasteiger partial charge in [0.05, 0.1) is 0 Å². The molecule has 0 unspecified atom stereocenters. The molecule has 0 saturated heterocycles. The first-order valence-corrected chi connectivity index (χ1v) is 4.32. The molecule has 58 valence electrons. The van der Waals surface area contributed by atoms with Gasteiger partial charge in [0.2, 0.25) is 0 Å². The van der Waals surface area contributed by atoms with Crippen LogP contribution in [0.25, 0.3) is 0 Å². The average molecular weight is 139 g/mol. The molecule has 0 fully saturated rings. The molecule has 1 nitrogen and oxygen atoms in total. The summed E-state index contributed by atoms with van der Waals surface area (Å²) in [5, 5.41) is 0. The maximum absolute atomic E-state index is 2.45. The lowest BCUT2D eigenvalue weighted by Gasteiger charge is -2.21. The molecule has 1 aliphatic carbocycles. The fourth-order valence-electron chi connectivity index (χ4n) is 1.57. The highest BCUT2D eigenvalue weighted by Gasteiger charge is 2.08. The third kappa shape index (κ3) is 1.53. The molecular formula is C9H17N. The van der Waals surface area contributed by atoms with E-state index >= 15 is 0 Å². The van der Waals surface area contributed by atoms with Crippen LogP contribution >= 0.6 is 0 Å². The monoisotopic (exact) mass is 139 g/mol. The topological polar surface area (TPSA) is 3.24 Å². The Hall–Kier alpha value is -0.460. The second-order valence-corrected chi connectivity index (χ2v) is 2.76. The summed E-state index contributed by atoms with van der Waals surface area (Å²) in [6.07, 6.45) is 6.35. The van der Waals surface area contributed by atoms with Gasteiger partial charge in [0.1, 0.15) is 0 Å². The summed E-state index contributed by atoms with van der Waals surface area (Å²) in [5.41, 5.74) is 1.57. The molecule has 0 bridgehead atoms. The van der Waals surface area contributed by atoms with Crippen LogP contribution in [-0.4, -0.2) is 18.0 Å². The van der Waals surface area contributed by atoms with Crippen molar-refractivity contribution in [2.45, 2.75) is 33.1 Å². The lowest BCUT2D eigenvalue weighted by Crippen LogP contribution is -2.20. The van der Waals surface area contributed by atoms with Crippen LogP contribution in [0.4, 0.5) is 0 Å². The van der Waals surface area contributed by atoms with Gasteiger partial charge < -0.3 is 4.90 Å². The summed E-state index contributed by atoms with van der Waals surface area (Å²) in [6, 6.07) is 0. The third-order valence-electron chi connectivity index (χ3n) is 2.19. The van der Waals surface area contributed by atoms with Crippen LogP contribution in [0.15, 0.2) is 11.8 Å². The summed E-state index contributed by atoms with van der Waals surface area (Å²) >= 11 is 0. The minimum atomic E-state index is 1.17. The van der Waals surface area contributed by atoms with Crippen molar-refractivity contribution in [2.75, 3.05) is 13.1 Å². The van der Waals surface area contributed by atoms with Gasteiger partial charge in [0.25, 0.3) is 0 Å². The maximum Gasteiger partial charge on any atom is 0.0146 e. The Kier molecular flexibility index (Phi) is 2.79. The molecule has 0 saturated carbocycles. The number of hydrogen-bond acceptors (Lipinski definition) is 1. The van der Waals surface area contributed by atoms with E-state index in [0.29, 0.717) is 0 Å². The van der Waals surface area contributed by atoms with Crippen LogP contribution < -0.4 is 0 Å². The molecular weight excluding hydrogens is 122 g/mol. The summed E-state index contributed by atoms with van der Waals surface area (Å²) in [4.78, 5) is 2.45. The van der Waals surface area contributed by atoms with Crippen LogP contribution in [0, 0.1) is 0 Å². The Bertz CT molecular complexity index is 123. The predicted octanol–water partition coefficient (Wildman–Crippen LogP) is 2.40. The van der Waals surface area contributed by atoms with Crippen LogP contribution in [0.3, 0.4) is 0 Å². The number of rotatable bonds is 3. The Morgan fingerprint density at radius 1 is 1.40 bits per heavy atom. The van der Waals surface area contributed by atoms with Gasteiger partial charge in [-0.2, -0.15) is 0 Å². The molecule has 0 radical (unpaired) electrons. The van der Waals surface area contributed by atoms with E-state index in [2.05, 4.69) is 24.8 Å². The molecule has 0 N–H and O–H groups in total. The van der Waals surface area contributed by atoms with Crippen molar-refractivity contribution < 1.29 is 0 Å². The molecule has 0 aromatic heterocycles. The van der Waals surface area contributed by atoms with Crippen molar-refractivity contribution in [3.05, 3.63) is 11.8 Å². The van der Waals surface area contributed by atoms with E-state index < -0.39 is 0 Å². The zero-order chi connectivity index (χ0) is 7.40. The Morgan fingerprint density at radius 3 is 2.50 bits per heavy atom. The lowest BCUT2D eigenvalue weighted by atomic mass is 10.3. The molecule has 0 heterocycles. The number of hydrogen-bond donors (Lipinski definition) is 0. The molecule has 0 spiro atoms. The van der Waals surface area contributed by atoms with Gasteiger partial charge in [-0.25, -0.2) is 0 Å². The Labute approximate surface area is 63.7 Å². The maximum atomic E-state index is 2.45. The minimum absolute atomic E-state index is 1.17. The van der Waals surface area contributed by atoms with Crippen LogP contribution in [0.2, 0.25) is 0 Å². The quantitative estimate of drug-likeness (QED) is 0.580. The van der Waals surface area contributed by atoms with Gasteiger partial charge in [-0.1, -0.05) is 6.08 Å². The molecule has 0 aromatic rings. The highest BCUT2D eigenvalue weighted by Crippen LogP contribution is 2.20. The van der Waals surface area contributed by atoms with Crippen molar-refractivity contribution in [3.63, 3.8) is 0 Å². The molecule has 0 atom stereocenters. The van der Waals surface area contributed by atoms with E-state index in [0.717, 1.165) is 0 Å². The average Bonchev–Trinajstić information content (AvgIpc) is 2.43. The van der Waals surface area contributed by atoms with E-state index in [-0.39, 0.29) is 0 Å². The molecule has 1 rings (SSSR count). The normalized spacial score (nSPS) is 17.2.